The molecule has 1 amide bonds. The van der Waals surface area contributed by atoms with Crippen molar-refractivity contribution < 1.29 is 14.5 Å². The summed E-state index contributed by atoms with van der Waals surface area (Å²) < 4.78 is 8.23. The third-order valence-electron chi connectivity index (χ3n) is 4.22. The van der Waals surface area contributed by atoms with Crippen LogP contribution in [0.2, 0.25) is 0 Å². The summed E-state index contributed by atoms with van der Waals surface area (Å²) in [7, 11) is 1.61. The highest BCUT2D eigenvalue weighted by Crippen LogP contribution is 2.18. The number of benzene rings is 1. The molecule has 0 fully saturated rings. The number of carbonyl (C=O) groups excluding carboxylic acids is 1. The molecule has 1 N–H and O–H groups in total. The molecule has 0 aliphatic heterocycles. The summed E-state index contributed by atoms with van der Waals surface area (Å²) in [5.41, 5.74) is 2.07. The van der Waals surface area contributed by atoms with Crippen LogP contribution in [0.25, 0.3) is 0 Å². The van der Waals surface area contributed by atoms with Crippen LogP contribution in [-0.2, 0) is 11.3 Å². The second kappa shape index (κ2) is 7.91. The highest BCUT2D eigenvalue weighted by Gasteiger charge is 2.24. The highest BCUT2D eigenvalue weighted by molar-refractivity contribution is 5.93. The number of aryl methyl sites for hydroxylation is 1. The SMILES string of the molecule is COc1cccc(Cn2cc(NC(=O)C(C)n3nc([N+](=O)[O-])cc3C)cn2)c1. The van der Waals surface area contributed by atoms with Gasteiger partial charge in [-0.2, -0.15) is 9.78 Å². The second-order valence-electron chi connectivity index (χ2n) is 6.29. The van der Waals surface area contributed by atoms with Crippen LogP contribution < -0.4 is 10.1 Å². The van der Waals surface area contributed by atoms with Crippen LogP contribution in [0, 0.1) is 17.0 Å². The minimum absolute atomic E-state index is 0.289. The molecule has 1 unspecified atom stereocenters. The number of nitro groups is 1. The lowest BCUT2D eigenvalue weighted by Crippen LogP contribution is -2.25. The third-order valence-corrected chi connectivity index (χ3v) is 4.22. The van der Waals surface area contributed by atoms with Gasteiger partial charge in [0, 0.05) is 6.20 Å². The van der Waals surface area contributed by atoms with E-state index in [1.165, 1.54) is 10.7 Å². The Bertz CT molecular complexity index is 1010. The summed E-state index contributed by atoms with van der Waals surface area (Å²) in [6.45, 7) is 3.81. The molecule has 0 saturated heterocycles. The molecule has 3 rings (SSSR count). The summed E-state index contributed by atoms with van der Waals surface area (Å²) in [6.07, 6.45) is 3.26. The van der Waals surface area contributed by atoms with Crippen molar-refractivity contribution in [3.05, 3.63) is 64.1 Å². The Morgan fingerprint density at radius 1 is 1.39 bits per heavy atom. The van der Waals surface area contributed by atoms with E-state index in [-0.39, 0.29) is 11.7 Å². The quantitative estimate of drug-likeness (QED) is 0.494. The number of aromatic nitrogens is 4. The summed E-state index contributed by atoms with van der Waals surface area (Å²) in [6, 6.07) is 8.24. The summed E-state index contributed by atoms with van der Waals surface area (Å²) >= 11 is 0. The normalized spacial score (nSPS) is 11.8. The second-order valence-corrected chi connectivity index (χ2v) is 6.29. The average molecular weight is 384 g/mol. The van der Waals surface area contributed by atoms with Gasteiger partial charge in [-0.25, -0.2) is 0 Å². The van der Waals surface area contributed by atoms with Gasteiger partial charge in [0.05, 0.1) is 42.4 Å². The standard InChI is InChI=1S/C18H20N6O4/c1-12-7-17(24(26)27)21-23(12)13(2)18(25)20-15-9-19-22(11-15)10-14-5-4-6-16(8-14)28-3/h4-9,11,13H,10H2,1-3H3,(H,20,25). The first-order chi connectivity index (χ1) is 13.4. The van der Waals surface area contributed by atoms with E-state index in [4.69, 9.17) is 4.74 Å². The average Bonchev–Trinajstić information content (AvgIpc) is 3.27. The predicted octanol–water partition coefficient (Wildman–Crippen LogP) is 2.55. The predicted molar refractivity (Wildman–Crippen MR) is 101 cm³/mol. The Morgan fingerprint density at radius 2 is 2.18 bits per heavy atom. The van der Waals surface area contributed by atoms with Crippen LogP contribution in [0.4, 0.5) is 11.5 Å². The van der Waals surface area contributed by atoms with E-state index in [0.717, 1.165) is 11.3 Å². The zero-order valence-corrected chi connectivity index (χ0v) is 15.7. The first-order valence-electron chi connectivity index (χ1n) is 8.54. The van der Waals surface area contributed by atoms with Gasteiger partial charge in [-0.3, -0.25) is 9.48 Å². The number of hydrogen-bond acceptors (Lipinski definition) is 6. The summed E-state index contributed by atoms with van der Waals surface area (Å²) in [5.74, 6) is 0.126. The van der Waals surface area contributed by atoms with Crippen molar-refractivity contribution >= 4 is 17.4 Å². The summed E-state index contributed by atoms with van der Waals surface area (Å²) in [4.78, 5) is 22.8. The number of nitrogens with one attached hydrogen (secondary N) is 1. The van der Waals surface area contributed by atoms with Crippen molar-refractivity contribution in [2.45, 2.75) is 26.4 Å². The van der Waals surface area contributed by atoms with Crippen molar-refractivity contribution in [1.82, 2.24) is 19.6 Å². The lowest BCUT2D eigenvalue weighted by atomic mass is 10.2. The van der Waals surface area contributed by atoms with Gasteiger partial charge >= 0.3 is 5.82 Å². The van der Waals surface area contributed by atoms with E-state index >= 15 is 0 Å². The van der Waals surface area contributed by atoms with Crippen molar-refractivity contribution in [1.29, 1.82) is 0 Å². The molecule has 146 valence electrons. The molecule has 0 radical (unpaired) electrons. The third kappa shape index (κ3) is 4.17. The van der Waals surface area contributed by atoms with Gasteiger partial charge in [0.1, 0.15) is 11.8 Å². The molecule has 2 aromatic heterocycles. The molecule has 10 nitrogen and oxygen atoms in total. The summed E-state index contributed by atoms with van der Waals surface area (Å²) in [5, 5.41) is 21.7. The molecule has 10 heteroatoms. The lowest BCUT2D eigenvalue weighted by Gasteiger charge is -2.10. The number of nitrogens with zero attached hydrogens (tertiary/aromatic N) is 5. The first-order valence-corrected chi connectivity index (χ1v) is 8.54. The number of ether oxygens (including phenoxy) is 1. The van der Waals surface area contributed by atoms with E-state index in [1.54, 1.807) is 38.0 Å². The fourth-order valence-corrected chi connectivity index (χ4v) is 2.78. The fourth-order valence-electron chi connectivity index (χ4n) is 2.78. The fraction of sp³-hybridized carbons (Fsp3) is 0.278. The van der Waals surface area contributed by atoms with Gasteiger partial charge < -0.3 is 20.2 Å². The Morgan fingerprint density at radius 3 is 2.86 bits per heavy atom. The van der Waals surface area contributed by atoms with Crippen LogP contribution in [0.1, 0.15) is 24.2 Å². The monoisotopic (exact) mass is 384 g/mol. The Kier molecular flexibility index (Phi) is 5.39. The van der Waals surface area contributed by atoms with Gasteiger partial charge in [-0.15, -0.1) is 0 Å². The first kappa shape index (κ1) is 19.1. The molecule has 0 saturated carbocycles. The van der Waals surface area contributed by atoms with Crippen LogP contribution in [0.5, 0.6) is 5.75 Å². The molecular formula is C18H20N6O4. The number of amides is 1. The molecule has 2 heterocycles. The molecule has 0 spiro atoms. The number of methoxy groups -OCH3 is 1. The zero-order chi connectivity index (χ0) is 20.3. The molecule has 3 aromatic rings. The number of rotatable bonds is 7. The molecule has 1 atom stereocenters. The molecule has 1 aromatic carbocycles. The topological polar surface area (TPSA) is 117 Å². The van der Waals surface area contributed by atoms with Gasteiger partial charge in [0.15, 0.2) is 0 Å². The van der Waals surface area contributed by atoms with Crippen LogP contribution in [0.15, 0.2) is 42.7 Å². The maximum Gasteiger partial charge on any atom is 0.390 e. The lowest BCUT2D eigenvalue weighted by molar-refractivity contribution is -0.389. The van der Waals surface area contributed by atoms with E-state index < -0.39 is 11.0 Å². The highest BCUT2D eigenvalue weighted by atomic mass is 16.6. The molecule has 0 aliphatic carbocycles. The number of carbonyl (C=O) groups is 1. The zero-order valence-electron chi connectivity index (χ0n) is 15.7. The van der Waals surface area contributed by atoms with Gasteiger partial charge in [-0.1, -0.05) is 12.1 Å². The van der Waals surface area contributed by atoms with Crippen molar-refractivity contribution in [2.24, 2.45) is 0 Å². The number of hydrogen-bond donors (Lipinski definition) is 1. The van der Waals surface area contributed by atoms with Crippen LogP contribution in [-0.4, -0.2) is 37.5 Å². The number of anilines is 1. The van der Waals surface area contributed by atoms with Crippen molar-refractivity contribution in [3.8, 4) is 5.75 Å². The largest absolute Gasteiger partial charge is 0.497 e. The maximum atomic E-state index is 12.5. The minimum Gasteiger partial charge on any atom is -0.497 e. The molecular weight excluding hydrogens is 364 g/mol. The van der Waals surface area contributed by atoms with Gasteiger partial charge in [0.25, 0.3) is 5.91 Å². The smallest absolute Gasteiger partial charge is 0.390 e. The molecule has 28 heavy (non-hydrogen) atoms. The van der Waals surface area contributed by atoms with Crippen molar-refractivity contribution in [3.63, 3.8) is 0 Å². The molecule has 0 bridgehead atoms. The van der Waals surface area contributed by atoms with Crippen LogP contribution in [0.3, 0.4) is 0 Å². The van der Waals surface area contributed by atoms with E-state index in [1.807, 2.05) is 24.3 Å². The van der Waals surface area contributed by atoms with Crippen LogP contribution >= 0.6 is 0 Å². The van der Waals surface area contributed by atoms with E-state index in [9.17, 15) is 14.9 Å². The Labute approximate surface area is 160 Å². The van der Waals surface area contributed by atoms with Crippen molar-refractivity contribution in [2.75, 3.05) is 12.4 Å². The Balaban J connectivity index is 1.67. The van der Waals surface area contributed by atoms with Gasteiger partial charge in [0.2, 0.25) is 0 Å². The minimum atomic E-state index is -0.713. The van der Waals surface area contributed by atoms with Gasteiger partial charge in [-0.05, 0) is 36.5 Å². The maximum absolute atomic E-state index is 12.5. The van der Waals surface area contributed by atoms with E-state index in [0.29, 0.717) is 17.9 Å². The van der Waals surface area contributed by atoms with E-state index in [2.05, 4.69) is 15.5 Å². The molecule has 0 aliphatic rings. The Hall–Kier alpha value is -3.69.